The van der Waals surface area contributed by atoms with E-state index in [4.69, 9.17) is 9.84 Å². The molecular weight excluding hydrogens is 432 g/mol. The Balaban J connectivity index is 1.56. The average molecular weight is 467 g/mol. The van der Waals surface area contributed by atoms with Crippen molar-refractivity contribution in [2.75, 3.05) is 13.2 Å². The fraction of sp³-hybridized carbons (Fsp3) is 0.444. The smallest absolute Gasteiger partial charge is 0.407 e. The molecule has 1 atom stereocenters. The van der Waals surface area contributed by atoms with Gasteiger partial charge in [0.05, 0.1) is 0 Å². The number of rotatable bonds is 13. The summed E-state index contributed by atoms with van der Waals surface area (Å²) in [4.78, 5) is 36.2. The molecule has 2 aromatic rings. The number of benzene rings is 2. The summed E-state index contributed by atoms with van der Waals surface area (Å²) in [6, 6.07) is 15.1. The number of alkyl carbamates (subject to hydrolysis) is 1. The molecule has 34 heavy (non-hydrogen) atoms. The first-order valence-corrected chi connectivity index (χ1v) is 12.1. The summed E-state index contributed by atoms with van der Waals surface area (Å²) in [5, 5.41) is 14.4. The monoisotopic (exact) mass is 466 g/mol. The first-order chi connectivity index (χ1) is 16.5. The zero-order valence-electron chi connectivity index (χ0n) is 19.7. The third kappa shape index (κ3) is 6.83. The van der Waals surface area contributed by atoms with Crippen molar-refractivity contribution >= 4 is 18.0 Å². The molecule has 0 saturated carbocycles. The van der Waals surface area contributed by atoms with Crippen molar-refractivity contribution in [3.05, 3.63) is 59.7 Å². The Bertz CT molecular complexity index is 945. The molecule has 0 spiro atoms. The van der Waals surface area contributed by atoms with Crippen LogP contribution in [0.3, 0.4) is 0 Å². The molecule has 1 aliphatic carbocycles. The molecule has 3 N–H and O–H groups in total. The van der Waals surface area contributed by atoms with Crippen LogP contribution >= 0.6 is 0 Å². The van der Waals surface area contributed by atoms with Crippen LogP contribution in [0.5, 0.6) is 0 Å². The first-order valence-electron chi connectivity index (χ1n) is 12.1. The van der Waals surface area contributed by atoms with Gasteiger partial charge in [-0.25, -0.2) is 4.79 Å². The second-order valence-corrected chi connectivity index (χ2v) is 8.66. The Morgan fingerprint density at radius 2 is 1.56 bits per heavy atom. The number of ether oxygens (including phenoxy) is 1. The lowest BCUT2D eigenvalue weighted by atomic mass is 9.98. The van der Waals surface area contributed by atoms with Crippen LogP contribution in [-0.2, 0) is 14.3 Å². The van der Waals surface area contributed by atoms with Crippen molar-refractivity contribution < 1.29 is 24.2 Å². The highest BCUT2D eigenvalue weighted by Crippen LogP contribution is 2.44. The number of hydrogen-bond donors (Lipinski definition) is 3. The van der Waals surface area contributed by atoms with Gasteiger partial charge in [0.2, 0.25) is 5.91 Å². The van der Waals surface area contributed by atoms with Crippen LogP contribution in [0, 0.1) is 0 Å². The highest BCUT2D eigenvalue weighted by Gasteiger charge is 2.29. The van der Waals surface area contributed by atoms with Crippen molar-refractivity contribution in [2.24, 2.45) is 0 Å². The number of carbonyl (C=O) groups excluding carboxylic acids is 2. The molecule has 2 amide bonds. The van der Waals surface area contributed by atoms with E-state index in [2.05, 4.69) is 29.7 Å². The lowest BCUT2D eigenvalue weighted by molar-refractivity contribution is -0.137. The summed E-state index contributed by atoms with van der Waals surface area (Å²) < 4.78 is 5.52. The number of carbonyl (C=O) groups is 3. The van der Waals surface area contributed by atoms with Gasteiger partial charge in [0.1, 0.15) is 12.6 Å². The van der Waals surface area contributed by atoms with E-state index < -0.39 is 18.1 Å². The van der Waals surface area contributed by atoms with E-state index in [1.54, 1.807) is 0 Å². The number of hydrogen-bond acceptors (Lipinski definition) is 4. The molecule has 0 aliphatic heterocycles. The lowest BCUT2D eigenvalue weighted by Crippen LogP contribution is -2.47. The van der Waals surface area contributed by atoms with E-state index >= 15 is 0 Å². The molecule has 3 rings (SSSR count). The van der Waals surface area contributed by atoms with Gasteiger partial charge >= 0.3 is 12.1 Å². The van der Waals surface area contributed by atoms with Gasteiger partial charge in [-0.15, -0.1) is 0 Å². The van der Waals surface area contributed by atoms with Crippen LogP contribution in [0.15, 0.2) is 48.5 Å². The minimum atomic E-state index is -1.02. The minimum absolute atomic E-state index is 0.00119. The molecule has 0 bridgehead atoms. The zero-order valence-corrected chi connectivity index (χ0v) is 19.7. The van der Waals surface area contributed by atoms with E-state index in [0.29, 0.717) is 6.54 Å². The second-order valence-electron chi connectivity index (χ2n) is 8.66. The van der Waals surface area contributed by atoms with Gasteiger partial charge < -0.3 is 20.5 Å². The predicted octanol–water partition coefficient (Wildman–Crippen LogP) is 4.85. The maximum absolute atomic E-state index is 12.6. The fourth-order valence-electron chi connectivity index (χ4n) is 4.38. The van der Waals surface area contributed by atoms with Crippen molar-refractivity contribution in [1.29, 1.82) is 0 Å². The maximum Gasteiger partial charge on any atom is 0.407 e. The summed E-state index contributed by atoms with van der Waals surface area (Å²) in [5.74, 6) is -1.50. The van der Waals surface area contributed by atoms with Gasteiger partial charge in [-0.1, -0.05) is 81.1 Å². The van der Waals surface area contributed by atoms with Gasteiger partial charge in [0.15, 0.2) is 0 Å². The van der Waals surface area contributed by atoms with Crippen LogP contribution in [0.2, 0.25) is 0 Å². The van der Waals surface area contributed by atoms with Crippen molar-refractivity contribution in [2.45, 2.75) is 63.8 Å². The van der Waals surface area contributed by atoms with E-state index in [1.807, 2.05) is 36.4 Å². The van der Waals surface area contributed by atoms with Crippen LogP contribution in [-0.4, -0.2) is 42.3 Å². The molecule has 2 aromatic carbocycles. The normalized spacial score (nSPS) is 13.0. The minimum Gasteiger partial charge on any atom is -0.481 e. The van der Waals surface area contributed by atoms with Crippen LogP contribution < -0.4 is 10.6 Å². The molecule has 0 heterocycles. The molecular formula is C27H34N2O5. The maximum atomic E-state index is 12.6. The molecule has 7 heteroatoms. The summed E-state index contributed by atoms with van der Waals surface area (Å²) in [7, 11) is 0. The van der Waals surface area contributed by atoms with E-state index in [9.17, 15) is 14.4 Å². The number of amides is 2. The highest BCUT2D eigenvalue weighted by atomic mass is 16.5. The van der Waals surface area contributed by atoms with Crippen molar-refractivity contribution in [3.8, 4) is 11.1 Å². The SMILES string of the molecule is CCCCCCCNC(=O)C(CCC(=O)O)NC(=O)OCC1c2ccccc2-c2ccccc21. The molecule has 0 radical (unpaired) electrons. The molecule has 1 aliphatic rings. The molecule has 0 fully saturated rings. The molecule has 7 nitrogen and oxygen atoms in total. The van der Waals surface area contributed by atoms with Crippen LogP contribution in [0.1, 0.15) is 68.9 Å². The lowest BCUT2D eigenvalue weighted by Gasteiger charge is -2.19. The van der Waals surface area contributed by atoms with Crippen molar-refractivity contribution in [1.82, 2.24) is 10.6 Å². The van der Waals surface area contributed by atoms with E-state index in [0.717, 1.165) is 47.9 Å². The largest absolute Gasteiger partial charge is 0.481 e. The number of carboxylic acids is 1. The Kier molecular flexibility index (Phi) is 9.50. The number of carboxylic acid groups (broad SMARTS) is 1. The second kappa shape index (κ2) is 12.8. The van der Waals surface area contributed by atoms with Gasteiger partial charge in [-0.05, 0) is 35.1 Å². The summed E-state index contributed by atoms with van der Waals surface area (Å²) in [6.07, 6.45) is 4.35. The van der Waals surface area contributed by atoms with Gasteiger partial charge in [0, 0.05) is 18.9 Å². The Morgan fingerprint density at radius 1 is 0.941 bits per heavy atom. The Morgan fingerprint density at radius 3 is 2.18 bits per heavy atom. The third-order valence-corrected chi connectivity index (χ3v) is 6.18. The number of nitrogens with one attached hydrogen (secondary N) is 2. The number of aliphatic carboxylic acids is 1. The quantitative estimate of drug-likeness (QED) is 0.366. The summed E-state index contributed by atoms with van der Waals surface area (Å²) >= 11 is 0. The van der Waals surface area contributed by atoms with E-state index in [-0.39, 0.29) is 31.3 Å². The van der Waals surface area contributed by atoms with Gasteiger partial charge in [-0.2, -0.15) is 0 Å². The van der Waals surface area contributed by atoms with E-state index in [1.165, 1.54) is 6.42 Å². The molecule has 0 saturated heterocycles. The average Bonchev–Trinajstić information content (AvgIpc) is 3.16. The topological polar surface area (TPSA) is 105 Å². The first kappa shape index (κ1) is 25.3. The fourth-order valence-corrected chi connectivity index (χ4v) is 4.38. The van der Waals surface area contributed by atoms with Crippen molar-refractivity contribution in [3.63, 3.8) is 0 Å². The Labute approximate surface area is 200 Å². The van der Waals surface area contributed by atoms with Crippen LogP contribution in [0.25, 0.3) is 11.1 Å². The van der Waals surface area contributed by atoms with Gasteiger partial charge in [-0.3, -0.25) is 9.59 Å². The summed E-state index contributed by atoms with van der Waals surface area (Å²) in [5.41, 5.74) is 4.45. The van der Waals surface area contributed by atoms with Gasteiger partial charge in [0.25, 0.3) is 0 Å². The van der Waals surface area contributed by atoms with Crippen LogP contribution in [0.4, 0.5) is 4.79 Å². The predicted molar refractivity (Wildman–Crippen MR) is 131 cm³/mol. The summed E-state index contributed by atoms with van der Waals surface area (Å²) in [6.45, 7) is 2.77. The number of fused-ring (bicyclic) bond motifs is 3. The Hall–Kier alpha value is -3.35. The highest BCUT2D eigenvalue weighted by molar-refractivity contribution is 5.86. The number of unbranched alkanes of at least 4 members (excludes halogenated alkanes) is 4. The molecule has 1 unspecified atom stereocenters. The third-order valence-electron chi connectivity index (χ3n) is 6.18. The standard InChI is InChI=1S/C27H34N2O5/c1-2-3-4-5-10-17-28-26(32)24(15-16-25(30)31)29-27(33)34-18-23-21-13-8-6-11-19(21)20-12-7-9-14-22(20)23/h6-9,11-14,23-24H,2-5,10,15-18H2,1H3,(H,28,32)(H,29,33)(H,30,31). The molecule has 0 aromatic heterocycles. The zero-order chi connectivity index (χ0) is 24.3. The molecule has 182 valence electrons.